The van der Waals surface area contributed by atoms with E-state index in [1.807, 2.05) is 0 Å². The van der Waals surface area contributed by atoms with E-state index in [1.165, 1.54) is 18.2 Å². The summed E-state index contributed by atoms with van der Waals surface area (Å²) in [4.78, 5) is 40.0. The van der Waals surface area contributed by atoms with Crippen LogP contribution in [0.1, 0.15) is 81.2 Å². The smallest absolute Gasteiger partial charge is 0.316 e. The molecule has 0 spiro atoms. The maximum absolute atomic E-state index is 13.5. The van der Waals surface area contributed by atoms with E-state index in [9.17, 15) is 45.0 Å². The number of methoxy groups -OCH3 is 1. The quantitative estimate of drug-likeness (QED) is 0.196. The van der Waals surface area contributed by atoms with Crippen molar-refractivity contribution in [2.24, 2.45) is 0 Å². The maximum Gasteiger partial charge on any atom is 0.316 e. The number of esters is 1. The minimum absolute atomic E-state index is 0.0413. The van der Waals surface area contributed by atoms with Crippen molar-refractivity contribution >= 4 is 17.5 Å². The van der Waals surface area contributed by atoms with Gasteiger partial charge in [0.05, 0.1) is 48.2 Å². The number of rotatable bonds is 5. The van der Waals surface area contributed by atoms with E-state index in [2.05, 4.69) is 0 Å². The van der Waals surface area contributed by atoms with Crippen LogP contribution >= 0.6 is 0 Å². The summed E-state index contributed by atoms with van der Waals surface area (Å²) >= 11 is 0. The van der Waals surface area contributed by atoms with Gasteiger partial charge >= 0.3 is 5.97 Å². The van der Waals surface area contributed by atoms with Crippen LogP contribution in [0.2, 0.25) is 0 Å². The third-order valence-electron chi connectivity index (χ3n) is 7.91. The summed E-state index contributed by atoms with van der Waals surface area (Å²) in [6.45, 7) is 1.09. The first-order valence-corrected chi connectivity index (χ1v) is 12.4. The van der Waals surface area contributed by atoms with E-state index < -0.39 is 88.6 Å². The van der Waals surface area contributed by atoms with Crippen LogP contribution in [0.25, 0.3) is 0 Å². The Labute approximate surface area is 222 Å². The first-order valence-electron chi connectivity index (χ1n) is 12.4. The molecule has 0 bridgehead atoms. The molecule has 5 rings (SSSR count). The van der Waals surface area contributed by atoms with E-state index in [0.717, 1.165) is 7.11 Å². The molecule has 2 aromatic carbocycles. The molecule has 2 aliphatic carbocycles. The monoisotopic (exact) mass is 544 g/mol. The zero-order chi connectivity index (χ0) is 28.4. The van der Waals surface area contributed by atoms with Crippen LogP contribution < -0.4 is 0 Å². The molecule has 1 saturated heterocycles. The molecule has 39 heavy (non-hydrogen) atoms. The van der Waals surface area contributed by atoms with Crippen molar-refractivity contribution in [1.82, 2.24) is 0 Å². The van der Waals surface area contributed by atoms with Gasteiger partial charge in [0.15, 0.2) is 12.1 Å². The van der Waals surface area contributed by atoms with Crippen LogP contribution in [0.4, 0.5) is 0 Å². The van der Waals surface area contributed by atoms with Gasteiger partial charge in [-0.3, -0.25) is 14.4 Å². The summed E-state index contributed by atoms with van der Waals surface area (Å²) in [5.41, 5.74) is -4.24. The second-order valence-electron chi connectivity index (χ2n) is 9.96. The second-order valence-corrected chi connectivity index (χ2v) is 9.96. The van der Waals surface area contributed by atoms with Gasteiger partial charge in [-0.2, -0.15) is 0 Å². The fourth-order valence-electron chi connectivity index (χ4n) is 5.90. The molecule has 2 aromatic rings. The van der Waals surface area contributed by atoms with Crippen LogP contribution in [0.15, 0.2) is 18.2 Å². The van der Waals surface area contributed by atoms with Crippen LogP contribution in [0.5, 0.6) is 17.2 Å². The summed E-state index contributed by atoms with van der Waals surface area (Å²) in [6.07, 6.45) is -4.88. The number of phenolic OH excluding ortho intramolecular Hbond substituents is 3. The van der Waals surface area contributed by atoms with E-state index >= 15 is 0 Å². The zero-order valence-corrected chi connectivity index (χ0v) is 21.1. The number of fused-ring (bicyclic) bond motifs is 3. The van der Waals surface area contributed by atoms with Gasteiger partial charge in [-0.25, -0.2) is 0 Å². The van der Waals surface area contributed by atoms with Gasteiger partial charge in [0.25, 0.3) is 0 Å². The van der Waals surface area contributed by atoms with Gasteiger partial charge in [0, 0.05) is 29.5 Å². The van der Waals surface area contributed by atoms with Crippen LogP contribution in [0, 0.1) is 0 Å². The third-order valence-corrected chi connectivity index (χ3v) is 7.91. The number of hydrogen-bond acceptors (Lipinski definition) is 12. The number of phenols is 3. The number of carbonyl (C=O) groups excluding carboxylic acids is 3. The van der Waals surface area contributed by atoms with Crippen molar-refractivity contribution in [2.45, 2.75) is 62.3 Å². The van der Waals surface area contributed by atoms with E-state index in [1.54, 1.807) is 6.92 Å². The number of aliphatic hydroxyl groups is 3. The van der Waals surface area contributed by atoms with Crippen molar-refractivity contribution in [3.63, 3.8) is 0 Å². The molecule has 6 N–H and O–H groups in total. The van der Waals surface area contributed by atoms with E-state index in [0.29, 0.717) is 0 Å². The number of carbonyl (C=O) groups is 3. The number of benzene rings is 2. The van der Waals surface area contributed by atoms with Gasteiger partial charge in [-0.05, 0) is 12.5 Å². The minimum atomic E-state index is -1.89. The zero-order valence-electron chi connectivity index (χ0n) is 21.1. The lowest BCUT2D eigenvalue weighted by Gasteiger charge is -2.44. The highest BCUT2D eigenvalue weighted by Crippen LogP contribution is 2.57. The van der Waals surface area contributed by atoms with Gasteiger partial charge in [-0.15, -0.1) is 0 Å². The van der Waals surface area contributed by atoms with Crippen molar-refractivity contribution < 1.29 is 59.2 Å². The number of aliphatic hydroxyl groups excluding tert-OH is 2. The van der Waals surface area contributed by atoms with Gasteiger partial charge < -0.3 is 44.8 Å². The van der Waals surface area contributed by atoms with Crippen LogP contribution in [0.3, 0.4) is 0 Å². The molecule has 0 saturated carbocycles. The fourth-order valence-corrected chi connectivity index (χ4v) is 5.90. The second kappa shape index (κ2) is 9.57. The molecular weight excluding hydrogens is 516 g/mol. The Morgan fingerprint density at radius 1 is 1.08 bits per heavy atom. The van der Waals surface area contributed by atoms with Crippen LogP contribution in [-0.2, 0) is 19.0 Å². The topological polar surface area (TPSA) is 200 Å². The molecule has 12 nitrogen and oxygen atoms in total. The van der Waals surface area contributed by atoms with Gasteiger partial charge in [0.2, 0.25) is 5.78 Å². The van der Waals surface area contributed by atoms with E-state index in [-0.39, 0.29) is 41.5 Å². The molecule has 3 aliphatic rings. The van der Waals surface area contributed by atoms with Crippen molar-refractivity contribution in [1.29, 1.82) is 0 Å². The van der Waals surface area contributed by atoms with E-state index in [4.69, 9.17) is 14.2 Å². The summed E-state index contributed by atoms with van der Waals surface area (Å²) in [5, 5.41) is 64.6. The Morgan fingerprint density at radius 3 is 2.36 bits per heavy atom. The SMILES string of the molecule is CC[C@@]1(O)C[C@H](O[C@H]2C[C@H](O)[C@@H](CO)O2)c2c(O)c3c(c(O)c2[C@H]1C(=O)OC)C(=O)c1cccc(O)c1C3=O. The molecule has 1 aliphatic heterocycles. The Balaban J connectivity index is 1.76. The normalized spacial score (nSPS) is 29.5. The Hall–Kier alpha value is -3.55. The first-order chi connectivity index (χ1) is 18.5. The highest BCUT2D eigenvalue weighted by atomic mass is 16.7. The molecule has 6 atom stereocenters. The predicted octanol–water partition coefficient (Wildman–Crippen LogP) is 0.906. The van der Waals surface area contributed by atoms with Gasteiger partial charge in [0.1, 0.15) is 29.3 Å². The van der Waals surface area contributed by atoms with Crippen LogP contribution in [-0.4, -0.2) is 86.0 Å². The minimum Gasteiger partial charge on any atom is -0.507 e. The number of hydrogen-bond donors (Lipinski definition) is 6. The lowest BCUT2D eigenvalue weighted by atomic mass is 9.66. The molecular formula is C27H28O12. The summed E-state index contributed by atoms with van der Waals surface area (Å²) in [6, 6.07) is 3.82. The van der Waals surface area contributed by atoms with Gasteiger partial charge in [-0.1, -0.05) is 19.1 Å². The Kier molecular flexibility index (Phi) is 6.64. The molecule has 1 fully saturated rings. The number of ketones is 2. The molecule has 0 aromatic heterocycles. The first kappa shape index (κ1) is 27.0. The Morgan fingerprint density at radius 2 is 1.74 bits per heavy atom. The third kappa shape index (κ3) is 3.90. The molecule has 0 unspecified atom stereocenters. The van der Waals surface area contributed by atoms with Crippen molar-refractivity contribution in [3.8, 4) is 17.2 Å². The Bertz CT molecular complexity index is 1380. The summed E-state index contributed by atoms with van der Waals surface area (Å²) < 4.78 is 16.4. The fraction of sp³-hybridized carbons (Fsp3) is 0.444. The molecule has 1 heterocycles. The molecule has 0 amide bonds. The largest absolute Gasteiger partial charge is 0.507 e. The molecule has 0 radical (unpaired) electrons. The average molecular weight is 545 g/mol. The predicted molar refractivity (Wildman–Crippen MR) is 130 cm³/mol. The van der Waals surface area contributed by atoms with Crippen molar-refractivity contribution in [2.75, 3.05) is 13.7 Å². The summed E-state index contributed by atoms with van der Waals surface area (Å²) in [7, 11) is 1.08. The number of aromatic hydroxyl groups is 3. The number of ether oxygens (including phenoxy) is 3. The maximum atomic E-state index is 13.5. The standard InChI is InChI=1S/C27H28O12/c1-3-27(36)8-13(38-15-7-12(30)14(9-28)39-15)17-18(21(27)26(35)37-2)25(34)19-20(24(17)33)23(32)16-10(22(19)31)5-4-6-11(16)29/h4-6,12-15,21,28-30,33-34,36H,3,7-9H2,1-2H3/t12-,13-,14+,15+,21-,27+/m0/s1. The lowest BCUT2D eigenvalue weighted by molar-refractivity contribution is -0.191. The highest BCUT2D eigenvalue weighted by Gasteiger charge is 2.55. The highest BCUT2D eigenvalue weighted by molar-refractivity contribution is 6.31. The lowest BCUT2D eigenvalue weighted by Crippen LogP contribution is -2.47. The summed E-state index contributed by atoms with van der Waals surface area (Å²) in [5.74, 6) is -6.46. The average Bonchev–Trinajstić information content (AvgIpc) is 3.27. The molecule has 208 valence electrons. The molecule has 12 heteroatoms. The van der Waals surface area contributed by atoms with Crippen molar-refractivity contribution in [3.05, 3.63) is 51.6 Å².